The molecule has 2 aromatic carbocycles. The van der Waals surface area contributed by atoms with Gasteiger partial charge in [0.15, 0.2) is 0 Å². The van der Waals surface area contributed by atoms with Crippen LogP contribution in [0, 0.1) is 0 Å². The zero-order valence-corrected chi connectivity index (χ0v) is 10.2. The molecule has 0 aliphatic carbocycles. The zero-order valence-electron chi connectivity index (χ0n) is 10.2. The Bertz CT molecular complexity index is 540. The SMILES string of the molecule is CC(=O)O.OCC=Cc1ccc2ccccc2c1. The molecule has 0 heterocycles. The lowest BCUT2D eigenvalue weighted by atomic mass is 10.1. The number of hydrogen-bond acceptors (Lipinski definition) is 2. The first kappa shape index (κ1) is 13.9. The number of carboxylic acids is 1. The molecule has 94 valence electrons. The molecule has 2 aromatic rings. The summed E-state index contributed by atoms with van der Waals surface area (Å²) in [4.78, 5) is 9.00. The molecule has 0 aliphatic rings. The minimum Gasteiger partial charge on any atom is -0.481 e. The van der Waals surface area contributed by atoms with Gasteiger partial charge in [0.2, 0.25) is 0 Å². The first-order valence-electron chi connectivity index (χ1n) is 5.59. The molecule has 0 spiro atoms. The monoisotopic (exact) mass is 244 g/mol. The van der Waals surface area contributed by atoms with Crippen molar-refractivity contribution >= 4 is 22.8 Å². The highest BCUT2D eigenvalue weighted by molar-refractivity contribution is 5.84. The number of hydrogen-bond donors (Lipinski definition) is 2. The molecule has 0 amide bonds. The van der Waals surface area contributed by atoms with Gasteiger partial charge >= 0.3 is 0 Å². The number of rotatable bonds is 2. The molecule has 2 N–H and O–H groups in total. The lowest BCUT2D eigenvalue weighted by Crippen LogP contribution is -1.78. The second-order valence-corrected chi connectivity index (χ2v) is 3.71. The van der Waals surface area contributed by atoms with E-state index < -0.39 is 5.97 Å². The van der Waals surface area contributed by atoms with Crippen LogP contribution in [0.25, 0.3) is 16.8 Å². The van der Waals surface area contributed by atoms with E-state index in [0.717, 1.165) is 12.5 Å². The molecule has 3 heteroatoms. The summed E-state index contributed by atoms with van der Waals surface area (Å²) in [6.45, 7) is 1.17. The number of aliphatic carboxylic acids is 1. The van der Waals surface area contributed by atoms with Gasteiger partial charge in [-0.3, -0.25) is 4.79 Å². The molecule has 0 unspecified atom stereocenters. The maximum absolute atomic E-state index is 9.00. The van der Waals surface area contributed by atoms with Crippen LogP contribution in [0.5, 0.6) is 0 Å². The minimum atomic E-state index is -0.833. The van der Waals surface area contributed by atoms with Gasteiger partial charge in [-0.15, -0.1) is 0 Å². The molecule has 0 fully saturated rings. The first-order chi connectivity index (χ1) is 8.63. The van der Waals surface area contributed by atoms with Crippen molar-refractivity contribution in [3.05, 3.63) is 54.1 Å². The lowest BCUT2D eigenvalue weighted by molar-refractivity contribution is -0.134. The van der Waals surface area contributed by atoms with E-state index in [-0.39, 0.29) is 6.61 Å². The predicted molar refractivity (Wildman–Crippen MR) is 73.4 cm³/mol. The number of aliphatic hydroxyl groups excluding tert-OH is 1. The van der Waals surface area contributed by atoms with Gasteiger partial charge in [-0.25, -0.2) is 0 Å². The second-order valence-electron chi connectivity index (χ2n) is 3.71. The van der Waals surface area contributed by atoms with E-state index in [1.54, 1.807) is 6.08 Å². The van der Waals surface area contributed by atoms with E-state index in [0.29, 0.717) is 0 Å². The Balaban J connectivity index is 0.000000357. The van der Waals surface area contributed by atoms with Gasteiger partial charge in [0, 0.05) is 6.92 Å². The third-order valence-corrected chi connectivity index (χ3v) is 2.19. The molecular weight excluding hydrogens is 228 g/mol. The van der Waals surface area contributed by atoms with Crippen LogP contribution in [0.15, 0.2) is 48.5 Å². The molecule has 0 atom stereocenters. The molecule has 18 heavy (non-hydrogen) atoms. The number of fused-ring (bicyclic) bond motifs is 1. The quantitative estimate of drug-likeness (QED) is 0.854. The Morgan fingerprint density at radius 2 is 1.78 bits per heavy atom. The van der Waals surface area contributed by atoms with Crippen LogP contribution in [-0.2, 0) is 4.79 Å². The van der Waals surface area contributed by atoms with Crippen LogP contribution < -0.4 is 0 Å². The van der Waals surface area contributed by atoms with E-state index >= 15 is 0 Å². The molecule has 0 radical (unpaired) electrons. The molecular formula is C15H16O3. The summed E-state index contributed by atoms with van der Waals surface area (Å²) in [7, 11) is 0. The fourth-order valence-corrected chi connectivity index (χ4v) is 1.50. The average Bonchev–Trinajstić information content (AvgIpc) is 2.35. The summed E-state index contributed by atoms with van der Waals surface area (Å²) in [5.41, 5.74) is 1.12. The highest BCUT2D eigenvalue weighted by atomic mass is 16.4. The fourth-order valence-electron chi connectivity index (χ4n) is 1.50. The van der Waals surface area contributed by atoms with E-state index in [2.05, 4.69) is 30.3 Å². The normalized spacial score (nSPS) is 10.1. The summed E-state index contributed by atoms with van der Waals surface area (Å²) in [6.07, 6.45) is 3.66. The maximum Gasteiger partial charge on any atom is 0.300 e. The van der Waals surface area contributed by atoms with Crippen molar-refractivity contribution in [3.63, 3.8) is 0 Å². The van der Waals surface area contributed by atoms with Gasteiger partial charge < -0.3 is 10.2 Å². The Morgan fingerprint density at radius 3 is 2.39 bits per heavy atom. The topological polar surface area (TPSA) is 57.5 Å². The van der Waals surface area contributed by atoms with Crippen molar-refractivity contribution < 1.29 is 15.0 Å². The molecule has 0 saturated carbocycles. The van der Waals surface area contributed by atoms with Crippen molar-refractivity contribution in [1.82, 2.24) is 0 Å². The van der Waals surface area contributed by atoms with Crippen LogP contribution >= 0.6 is 0 Å². The predicted octanol–water partition coefficient (Wildman–Crippen LogP) is 2.94. The lowest BCUT2D eigenvalue weighted by Gasteiger charge is -1.98. The maximum atomic E-state index is 9.00. The molecule has 3 nitrogen and oxygen atoms in total. The van der Waals surface area contributed by atoms with E-state index in [9.17, 15) is 0 Å². The van der Waals surface area contributed by atoms with Crippen LogP contribution in [-0.4, -0.2) is 22.8 Å². The second kappa shape index (κ2) is 7.25. The summed E-state index contributed by atoms with van der Waals surface area (Å²) in [6, 6.07) is 14.5. The third kappa shape index (κ3) is 4.80. The highest BCUT2D eigenvalue weighted by Crippen LogP contribution is 2.16. The summed E-state index contributed by atoms with van der Waals surface area (Å²) in [5.74, 6) is -0.833. The molecule has 0 bridgehead atoms. The summed E-state index contributed by atoms with van der Waals surface area (Å²) >= 11 is 0. The van der Waals surface area contributed by atoms with E-state index in [1.165, 1.54) is 10.8 Å². The van der Waals surface area contributed by atoms with Gasteiger partial charge in [0.25, 0.3) is 5.97 Å². The van der Waals surface area contributed by atoms with E-state index in [4.69, 9.17) is 15.0 Å². The van der Waals surface area contributed by atoms with Crippen molar-refractivity contribution in [2.24, 2.45) is 0 Å². The average molecular weight is 244 g/mol. The van der Waals surface area contributed by atoms with Crippen LogP contribution in [0.1, 0.15) is 12.5 Å². The number of carbonyl (C=O) groups is 1. The molecule has 0 aliphatic heterocycles. The Hall–Kier alpha value is -2.13. The van der Waals surface area contributed by atoms with Crippen molar-refractivity contribution in [2.45, 2.75) is 6.92 Å². The Morgan fingerprint density at radius 1 is 1.17 bits per heavy atom. The Kier molecular flexibility index (Phi) is 5.61. The van der Waals surface area contributed by atoms with Gasteiger partial charge in [0.1, 0.15) is 0 Å². The largest absolute Gasteiger partial charge is 0.481 e. The standard InChI is InChI=1S/C13H12O.C2H4O2/c14-9-3-4-11-7-8-12-5-1-2-6-13(12)10-11;1-2(3)4/h1-8,10,14H,9H2;1H3,(H,3,4). The van der Waals surface area contributed by atoms with Gasteiger partial charge in [-0.05, 0) is 22.4 Å². The van der Waals surface area contributed by atoms with Gasteiger partial charge in [-0.2, -0.15) is 0 Å². The third-order valence-electron chi connectivity index (χ3n) is 2.19. The van der Waals surface area contributed by atoms with Crippen LogP contribution in [0.2, 0.25) is 0 Å². The number of benzene rings is 2. The fraction of sp³-hybridized carbons (Fsp3) is 0.133. The first-order valence-corrected chi connectivity index (χ1v) is 5.59. The van der Waals surface area contributed by atoms with E-state index in [1.807, 2.05) is 18.2 Å². The Labute approximate surface area is 106 Å². The van der Waals surface area contributed by atoms with Gasteiger partial charge in [-0.1, -0.05) is 48.6 Å². The molecule has 0 saturated heterocycles. The number of aliphatic hydroxyl groups is 1. The van der Waals surface area contributed by atoms with Crippen LogP contribution in [0.3, 0.4) is 0 Å². The van der Waals surface area contributed by atoms with Crippen LogP contribution in [0.4, 0.5) is 0 Å². The molecule has 0 aromatic heterocycles. The number of carboxylic acid groups (broad SMARTS) is 1. The zero-order chi connectivity index (χ0) is 13.4. The van der Waals surface area contributed by atoms with Crippen molar-refractivity contribution in [1.29, 1.82) is 0 Å². The van der Waals surface area contributed by atoms with Crippen molar-refractivity contribution in [2.75, 3.05) is 6.61 Å². The summed E-state index contributed by atoms with van der Waals surface area (Å²) in [5, 5.41) is 18.5. The molecule has 2 rings (SSSR count). The smallest absolute Gasteiger partial charge is 0.300 e. The summed E-state index contributed by atoms with van der Waals surface area (Å²) < 4.78 is 0. The van der Waals surface area contributed by atoms with Gasteiger partial charge in [0.05, 0.1) is 6.61 Å². The van der Waals surface area contributed by atoms with Crippen molar-refractivity contribution in [3.8, 4) is 0 Å². The highest BCUT2D eigenvalue weighted by Gasteiger charge is 1.91. The minimum absolute atomic E-state index is 0.0901.